The largest absolute Gasteiger partial charge is 0.334 e. The van der Waals surface area contributed by atoms with E-state index in [4.69, 9.17) is 5.73 Å². The van der Waals surface area contributed by atoms with E-state index in [0.717, 1.165) is 19.3 Å². The van der Waals surface area contributed by atoms with Gasteiger partial charge in [-0.1, -0.05) is 0 Å². The van der Waals surface area contributed by atoms with Crippen LogP contribution in [0.2, 0.25) is 0 Å². The lowest BCUT2D eigenvalue weighted by molar-refractivity contribution is 0.0583. The third-order valence-corrected chi connectivity index (χ3v) is 6.97. The van der Waals surface area contributed by atoms with Crippen molar-refractivity contribution in [2.24, 2.45) is 5.73 Å². The average Bonchev–Trinajstić information content (AvgIpc) is 2.60. The van der Waals surface area contributed by atoms with Gasteiger partial charge >= 0.3 is 0 Å². The Labute approximate surface area is 163 Å². The molecular weight excluding hydrogens is 374 g/mol. The topological polar surface area (TPSA) is 83.7 Å². The van der Waals surface area contributed by atoms with Gasteiger partial charge in [0, 0.05) is 37.3 Å². The van der Waals surface area contributed by atoms with E-state index in [1.54, 1.807) is 19.2 Å². The van der Waals surface area contributed by atoms with Crippen molar-refractivity contribution >= 4 is 28.3 Å². The van der Waals surface area contributed by atoms with E-state index >= 15 is 0 Å². The predicted molar refractivity (Wildman–Crippen MR) is 106 cm³/mol. The number of halogens is 1. The number of hydrogen-bond acceptors (Lipinski definition) is 4. The fraction of sp³-hybridized carbons (Fsp3) is 0.611. The van der Waals surface area contributed by atoms with Gasteiger partial charge < -0.3 is 10.6 Å². The number of amides is 1. The maximum atomic E-state index is 12.8. The minimum Gasteiger partial charge on any atom is -0.334 e. The summed E-state index contributed by atoms with van der Waals surface area (Å²) < 4.78 is 26.3. The van der Waals surface area contributed by atoms with Crippen LogP contribution in [0.5, 0.6) is 0 Å². The fourth-order valence-electron chi connectivity index (χ4n) is 3.14. The molecule has 2 rings (SSSR count). The lowest BCUT2D eigenvalue weighted by atomic mass is 9.96. The van der Waals surface area contributed by atoms with Gasteiger partial charge in [-0.25, -0.2) is 8.42 Å². The SMILES string of the molecule is CC(N)C1CCCCN1C(=O)c1ccc(S(=O)(=O)N(C)C(C)C)cc1.Cl. The minimum absolute atomic E-state index is 0. The van der Waals surface area contributed by atoms with Crippen molar-refractivity contribution < 1.29 is 13.2 Å². The lowest BCUT2D eigenvalue weighted by Gasteiger charge is -2.38. The molecule has 1 aromatic carbocycles. The zero-order valence-electron chi connectivity index (χ0n) is 15.9. The Kier molecular flexibility index (Phi) is 8.07. The van der Waals surface area contributed by atoms with Crippen LogP contribution in [0, 0.1) is 0 Å². The van der Waals surface area contributed by atoms with E-state index in [2.05, 4.69) is 0 Å². The van der Waals surface area contributed by atoms with Crippen molar-refractivity contribution in [3.8, 4) is 0 Å². The number of hydrogen-bond donors (Lipinski definition) is 1. The van der Waals surface area contributed by atoms with Gasteiger partial charge in [-0.05, 0) is 64.3 Å². The van der Waals surface area contributed by atoms with Gasteiger partial charge in [-0.2, -0.15) is 4.31 Å². The van der Waals surface area contributed by atoms with E-state index in [0.29, 0.717) is 12.1 Å². The van der Waals surface area contributed by atoms with Gasteiger partial charge in [0.2, 0.25) is 10.0 Å². The predicted octanol–water partition coefficient (Wildman–Crippen LogP) is 2.48. The molecule has 0 saturated carbocycles. The van der Waals surface area contributed by atoms with Crippen LogP contribution >= 0.6 is 12.4 Å². The van der Waals surface area contributed by atoms with Gasteiger partial charge in [0.15, 0.2) is 0 Å². The van der Waals surface area contributed by atoms with E-state index < -0.39 is 10.0 Å². The van der Waals surface area contributed by atoms with Crippen molar-refractivity contribution in [2.45, 2.75) is 63.1 Å². The van der Waals surface area contributed by atoms with Crippen molar-refractivity contribution in [3.63, 3.8) is 0 Å². The summed E-state index contributed by atoms with van der Waals surface area (Å²) in [4.78, 5) is 14.9. The number of nitrogens with two attached hydrogens (primary N) is 1. The molecule has 2 atom stereocenters. The number of carbonyl (C=O) groups excluding carboxylic acids is 1. The summed E-state index contributed by atoms with van der Waals surface area (Å²) in [6.45, 7) is 6.26. The molecule has 0 aromatic heterocycles. The summed E-state index contributed by atoms with van der Waals surface area (Å²) in [6, 6.07) is 6.03. The van der Waals surface area contributed by atoms with E-state index in [1.807, 2.05) is 25.7 Å². The van der Waals surface area contributed by atoms with Crippen LogP contribution in [0.4, 0.5) is 0 Å². The summed E-state index contributed by atoms with van der Waals surface area (Å²) in [7, 11) is -1.99. The van der Waals surface area contributed by atoms with Gasteiger partial charge in [0.25, 0.3) is 5.91 Å². The van der Waals surface area contributed by atoms with Crippen LogP contribution in [0.3, 0.4) is 0 Å². The maximum absolute atomic E-state index is 12.8. The van der Waals surface area contributed by atoms with Crippen LogP contribution in [-0.4, -0.2) is 55.2 Å². The highest BCUT2D eigenvalue weighted by Crippen LogP contribution is 2.23. The normalized spacial score (nSPS) is 19.3. The smallest absolute Gasteiger partial charge is 0.254 e. The molecule has 0 bridgehead atoms. The molecule has 1 fully saturated rings. The number of rotatable bonds is 5. The van der Waals surface area contributed by atoms with Crippen molar-refractivity contribution in [1.82, 2.24) is 9.21 Å². The Hall–Kier alpha value is -1.15. The molecule has 1 heterocycles. The number of nitrogens with zero attached hydrogens (tertiary/aromatic N) is 2. The van der Waals surface area contributed by atoms with Crippen LogP contribution in [0.15, 0.2) is 29.2 Å². The second-order valence-corrected chi connectivity index (χ2v) is 9.06. The van der Waals surface area contributed by atoms with Crippen molar-refractivity contribution in [3.05, 3.63) is 29.8 Å². The molecule has 1 saturated heterocycles. The zero-order valence-corrected chi connectivity index (χ0v) is 17.5. The monoisotopic (exact) mass is 403 g/mol. The Morgan fingerprint density at radius 2 is 1.77 bits per heavy atom. The number of likely N-dealkylation sites (tertiary alicyclic amines) is 1. The van der Waals surface area contributed by atoms with Gasteiger partial charge in [-0.3, -0.25) is 4.79 Å². The number of sulfonamides is 1. The standard InChI is InChI=1S/C18H29N3O3S.ClH/c1-13(2)20(4)25(23,24)16-10-8-15(9-11-16)18(22)21-12-6-5-7-17(21)14(3)19;/h8-11,13-14,17H,5-7,12,19H2,1-4H3;1H. The summed E-state index contributed by atoms with van der Waals surface area (Å²) in [5.74, 6) is -0.0804. The maximum Gasteiger partial charge on any atom is 0.254 e. The first-order valence-electron chi connectivity index (χ1n) is 8.81. The Morgan fingerprint density at radius 1 is 1.19 bits per heavy atom. The molecule has 1 aromatic rings. The minimum atomic E-state index is -3.54. The molecule has 26 heavy (non-hydrogen) atoms. The van der Waals surface area contributed by atoms with Gasteiger partial charge in [0.1, 0.15) is 0 Å². The summed E-state index contributed by atoms with van der Waals surface area (Å²) in [5.41, 5.74) is 6.54. The van der Waals surface area contributed by atoms with Gasteiger partial charge in [0.05, 0.1) is 4.90 Å². The third kappa shape index (κ3) is 4.76. The number of carbonyl (C=O) groups is 1. The van der Waals surface area contributed by atoms with Crippen LogP contribution in [0.25, 0.3) is 0 Å². The van der Waals surface area contributed by atoms with E-state index in [9.17, 15) is 13.2 Å². The Morgan fingerprint density at radius 3 is 2.27 bits per heavy atom. The molecule has 1 amide bonds. The fourth-order valence-corrected chi connectivity index (χ4v) is 4.50. The summed E-state index contributed by atoms with van der Waals surface area (Å²) in [6.07, 6.45) is 2.96. The third-order valence-electron chi connectivity index (χ3n) is 4.92. The quantitative estimate of drug-likeness (QED) is 0.818. The number of benzene rings is 1. The zero-order chi connectivity index (χ0) is 18.8. The summed E-state index contributed by atoms with van der Waals surface area (Å²) in [5, 5.41) is 0. The second kappa shape index (κ2) is 9.17. The average molecular weight is 404 g/mol. The Balaban J connectivity index is 0.00000338. The molecule has 1 aliphatic heterocycles. The first-order chi connectivity index (χ1) is 11.7. The highest BCUT2D eigenvalue weighted by Gasteiger charge is 2.30. The molecule has 0 aliphatic carbocycles. The molecule has 0 spiro atoms. The molecule has 1 aliphatic rings. The van der Waals surface area contributed by atoms with Crippen molar-refractivity contribution in [1.29, 1.82) is 0 Å². The van der Waals surface area contributed by atoms with Crippen molar-refractivity contribution in [2.75, 3.05) is 13.6 Å². The molecule has 6 nitrogen and oxygen atoms in total. The van der Waals surface area contributed by atoms with Crippen LogP contribution in [-0.2, 0) is 10.0 Å². The van der Waals surface area contributed by atoms with Gasteiger partial charge in [-0.15, -0.1) is 12.4 Å². The summed E-state index contributed by atoms with van der Waals surface area (Å²) >= 11 is 0. The molecule has 148 valence electrons. The van der Waals surface area contributed by atoms with E-state index in [1.165, 1.54) is 16.4 Å². The molecule has 2 unspecified atom stereocenters. The molecular formula is C18H30ClN3O3S. The van der Waals surface area contributed by atoms with Crippen LogP contribution < -0.4 is 5.73 Å². The lowest BCUT2D eigenvalue weighted by Crippen LogP contribution is -2.51. The first-order valence-corrected chi connectivity index (χ1v) is 10.2. The second-order valence-electron chi connectivity index (χ2n) is 7.06. The Bertz CT molecular complexity index is 705. The van der Waals surface area contributed by atoms with E-state index in [-0.39, 0.29) is 41.3 Å². The first kappa shape index (κ1) is 22.9. The highest BCUT2D eigenvalue weighted by atomic mass is 35.5. The highest BCUT2D eigenvalue weighted by molar-refractivity contribution is 7.89. The van der Waals surface area contributed by atoms with Crippen LogP contribution in [0.1, 0.15) is 50.4 Å². The molecule has 2 N–H and O–H groups in total. The molecule has 8 heteroatoms. The number of piperidine rings is 1. The molecule has 0 radical (unpaired) electrons.